The van der Waals surface area contributed by atoms with E-state index in [1.165, 1.54) is 18.2 Å². The highest BCUT2D eigenvalue weighted by Gasteiger charge is 2.74. The van der Waals surface area contributed by atoms with E-state index in [9.17, 15) is 18.8 Å². The van der Waals surface area contributed by atoms with Gasteiger partial charge in [-0.2, -0.15) is 0 Å². The van der Waals surface area contributed by atoms with Crippen LogP contribution in [-0.4, -0.2) is 35.2 Å². The fraction of sp³-hybridized carbons (Fsp3) is 0.318. The van der Waals surface area contributed by atoms with Crippen LogP contribution in [0.4, 0.5) is 15.8 Å². The van der Waals surface area contributed by atoms with E-state index >= 15 is 0 Å². The summed E-state index contributed by atoms with van der Waals surface area (Å²) >= 11 is 6.35. The zero-order valence-electron chi connectivity index (χ0n) is 15.8. The molecule has 2 aromatic carbocycles. The van der Waals surface area contributed by atoms with Gasteiger partial charge in [0.1, 0.15) is 11.4 Å². The van der Waals surface area contributed by atoms with Gasteiger partial charge in [0.05, 0.1) is 28.2 Å². The van der Waals surface area contributed by atoms with E-state index in [2.05, 4.69) is 5.32 Å². The first kappa shape index (κ1) is 18.0. The minimum absolute atomic E-state index is 0.0636. The highest BCUT2D eigenvalue weighted by Crippen LogP contribution is 2.61. The Morgan fingerprint density at radius 1 is 1.07 bits per heavy atom. The van der Waals surface area contributed by atoms with Crippen molar-refractivity contribution in [3.05, 3.63) is 58.9 Å². The lowest BCUT2D eigenvalue weighted by Gasteiger charge is -2.36. The van der Waals surface area contributed by atoms with Crippen molar-refractivity contribution in [2.24, 2.45) is 11.8 Å². The lowest BCUT2D eigenvalue weighted by molar-refractivity contribution is -0.135. The van der Waals surface area contributed by atoms with Gasteiger partial charge in [0.2, 0.25) is 11.8 Å². The summed E-state index contributed by atoms with van der Waals surface area (Å²) in [6.07, 6.45) is 1.52. The van der Waals surface area contributed by atoms with Crippen LogP contribution in [0.5, 0.6) is 0 Å². The van der Waals surface area contributed by atoms with Crippen LogP contribution in [-0.2, 0) is 19.9 Å². The number of carbonyl (C=O) groups is 3. The van der Waals surface area contributed by atoms with E-state index in [0.29, 0.717) is 29.2 Å². The Labute approximate surface area is 176 Å². The number of benzene rings is 2. The molecule has 4 atom stereocenters. The number of nitrogens with zero attached hydrogens (tertiary/aromatic N) is 2. The quantitative estimate of drug-likeness (QED) is 0.713. The van der Waals surface area contributed by atoms with E-state index in [4.69, 9.17) is 11.6 Å². The van der Waals surface area contributed by atoms with E-state index < -0.39 is 35.0 Å². The van der Waals surface area contributed by atoms with Gasteiger partial charge in [0, 0.05) is 11.6 Å². The third-order valence-corrected chi connectivity index (χ3v) is 7.39. The van der Waals surface area contributed by atoms with Crippen molar-refractivity contribution in [3.63, 3.8) is 0 Å². The van der Waals surface area contributed by atoms with Gasteiger partial charge >= 0.3 is 0 Å². The molecule has 0 bridgehead atoms. The molecule has 3 amide bonds. The van der Waals surface area contributed by atoms with E-state index in [1.54, 1.807) is 24.3 Å². The van der Waals surface area contributed by atoms with Crippen molar-refractivity contribution in [3.8, 4) is 0 Å². The summed E-state index contributed by atoms with van der Waals surface area (Å²) < 4.78 is 14.5. The predicted molar refractivity (Wildman–Crippen MR) is 107 cm³/mol. The normalized spacial score (nSPS) is 32.0. The molecule has 152 valence electrons. The van der Waals surface area contributed by atoms with Crippen molar-refractivity contribution in [1.29, 1.82) is 0 Å². The van der Waals surface area contributed by atoms with E-state index in [0.717, 1.165) is 11.3 Å². The third kappa shape index (κ3) is 1.90. The second kappa shape index (κ2) is 5.89. The maximum atomic E-state index is 14.5. The topological polar surface area (TPSA) is 69.7 Å². The maximum Gasteiger partial charge on any atom is 0.250 e. The van der Waals surface area contributed by atoms with Crippen LogP contribution in [0.2, 0.25) is 5.02 Å². The monoisotopic (exact) mass is 425 g/mol. The number of rotatable bonds is 1. The lowest BCUT2D eigenvalue weighted by atomic mass is 9.75. The molecule has 1 spiro atoms. The van der Waals surface area contributed by atoms with Crippen LogP contribution in [0.25, 0.3) is 0 Å². The van der Waals surface area contributed by atoms with E-state index in [1.807, 2.05) is 4.90 Å². The maximum absolute atomic E-state index is 14.5. The Bertz CT molecular complexity index is 1150. The first-order chi connectivity index (χ1) is 14.5. The molecule has 0 aromatic heterocycles. The van der Waals surface area contributed by atoms with Gasteiger partial charge in [-0.25, -0.2) is 9.29 Å². The molecule has 3 fully saturated rings. The molecule has 1 N–H and O–H groups in total. The summed E-state index contributed by atoms with van der Waals surface area (Å²) in [5.41, 5.74) is -0.263. The molecule has 30 heavy (non-hydrogen) atoms. The predicted octanol–water partition coefficient (Wildman–Crippen LogP) is 2.91. The number of anilines is 2. The average Bonchev–Trinajstić information content (AvgIpc) is 3.42. The molecule has 8 heteroatoms. The highest BCUT2D eigenvalue weighted by molar-refractivity contribution is 6.35. The fourth-order valence-electron chi connectivity index (χ4n) is 6.06. The van der Waals surface area contributed by atoms with Crippen molar-refractivity contribution in [1.82, 2.24) is 4.90 Å². The lowest BCUT2D eigenvalue weighted by Crippen LogP contribution is -2.54. The Morgan fingerprint density at radius 2 is 1.87 bits per heavy atom. The Kier molecular flexibility index (Phi) is 3.54. The summed E-state index contributed by atoms with van der Waals surface area (Å²) in [5, 5.41) is 3.24. The Balaban J connectivity index is 1.59. The number of halogens is 2. The van der Waals surface area contributed by atoms with Crippen LogP contribution >= 0.6 is 11.6 Å². The second-order valence-electron chi connectivity index (χ2n) is 8.25. The summed E-state index contributed by atoms with van der Waals surface area (Å²) in [5.74, 6) is -3.58. The van der Waals surface area contributed by atoms with Crippen molar-refractivity contribution >= 4 is 40.7 Å². The first-order valence-corrected chi connectivity index (χ1v) is 10.3. The number of imide groups is 1. The summed E-state index contributed by atoms with van der Waals surface area (Å²) in [4.78, 5) is 43.6. The Hall–Kier alpha value is -2.77. The minimum atomic E-state index is -1.31. The minimum Gasteiger partial charge on any atom is -0.323 e. The molecule has 4 heterocycles. The summed E-state index contributed by atoms with van der Waals surface area (Å²) in [6.45, 7) is 0.608. The number of hydrogen-bond acceptors (Lipinski definition) is 4. The van der Waals surface area contributed by atoms with Gasteiger partial charge in [-0.3, -0.25) is 19.3 Å². The van der Waals surface area contributed by atoms with Crippen molar-refractivity contribution in [2.45, 2.75) is 24.4 Å². The molecule has 6 rings (SSSR count). The van der Waals surface area contributed by atoms with Crippen molar-refractivity contribution in [2.75, 3.05) is 16.8 Å². The van der Waals surface area contributed by atoms with Gasteiger partial charge < -0.3 is 5.32 Å². The smallest absolute Gasteiger partial charge is 0.250 e. The molecule has 6 nitrogen and oxygen atoms in total. The molecule has 0 saturated carbocycles. The number of para-hydroxylation sites is 2. The number of carbonyl (C=O) groups excluding carboxylic acids is 3. The van der Waals surface area contributed by atoms with Gasteiger partial charge in [0.15, 0.2) is 0 Å². The first-order valence-electron chi connectivity index (χ1n) is 9.97. The summed E-state index contributed by atoms with van der Waals surface area (Å²) in [7, 11) is 0. The van der Waals surface area contributed by atoms with Crippen LogP contribution in [0, 0.1) is 17.7 Å². The van der Waals surface area contributed by atoms with Crippen LogP contribution in [0.1, 0.15) is 18.4 Å². The number of amides is 3. The standard InChI is InChI=1S/C22H17ClFN3O3/c23-12-6-3-5-11-18(12)25-21(30)22(11)17-16(15-9-4-10-26(15)22)19(28)27(20(17)29)14-8-2-1-7-13(14)24/h1-3,5-8,15-17H,4,9-10H2,(H,25,30)/t15-,16-,17-,22+/m0/s1. The zero-order valence-corrected chi connectivity index (χ0v) is 16.5. The van der Waals surface area contributed by atoms with Gasteiger partial charge in [-0.05, 0) is 37.6 Å². The molecule has 0 unspecified atom stereocenters. The third-order valence-electron chi connectivity index (χ3n) is 7.07. The van der Waals surface area contributed by atoms with Crippen LogP contribution < -0.4 is 10.2 Å². The average molecular weight is 426 g/mol. The number of fused-ring (bicyclic) bond motifs is 7. The van der Waals surface area contributed by atoms with Gasteiger partial charge in [0.25, 0.3) is 5.91 Å². The van der Waals surface area contributed by atoms with Crippen LogP contribution in [0.3, 0.4) is 0 Å². The SMILES string of the molecule is O=C1[C@@H]2[C@@H](C(=O)N1c1ccccc1F)[C@]1(C(=O)Nc3c(Cl)cccc31)N1CCC[C@@H]21. The summed E-state index contributed by atoms with van der Waals surface area (Å²) in [6, 6.07) is 10.7. The van der Waals surface area contributed by atoms with E-state index in [-0.39, 0.29) is 17.6 Å². The molecule has 4 aliphatic heterocycles. The molecular weight excluding hydrogens is 409 g/mol. The molecule has 4 aliphatic rings. The fourth-order valence-corrected chi connectivity index (χ4v) is 6.29. The Morgan fingerprint density at radius 3 is 2.67 bits per heavy atom. The second-order valence-corrected chi connectivity index (χ2v) is 8.66. The largest absolute Gasteiger partial charge is 0.323 e. The highest BCUT2D eigenvalue weighted by atomic mass is 35.5. The van der Waals surface area contributed by atoms with Crippen molar-refractivity contribution < 1.29 is 18.8 Å². The molecule has 0 radical (unpaired) electrons. The molecule has 3 saturated heterocycles. The zero-order chi connectivity index (χ0) is 20.8. The van der Waals surface area contributed by atoms with Gasteiger partial charge in [-0.1, -0.05) is 35.9 Å². The number of nitrogens with one attached hydrogen (secondary N) is 1. The molecule has 0 aliphatic carbocycles. The molecular formula is C22H17ClFN3O3. The van der Waals surface area contributed by atoms with Gasteiger partial charge in [-0.15, -0.1) is 0 Å². The number of hydrogen-bond donors (Lipinski definition) is 1. The van der Waals surface area contributed by atoms with Crippen LogP contribution in [0.15, 0.2) is 42.5 Å². The molecule has 2 aromatic rings.